The van der Waals surface area contributed by atoms with Crippen LogP contribution in [0.25, 0.3) is 0 Å². The third-order valence-corrected chi connectivity index (χ3v) is 11.2. The molecule has 4 rings (SSSR count). The molecule has 2 unspecified atom stereocenters. The Hall–Kier alpha value is -2.52. The van der Waals surface area contributed by atoms with Gasteiger partial charge in [-0.15, -0.1) is 11.8 Å². The zero-order valence-electron chi connectivity index (χ0n) is 23.4. The van der Waals surface area contributed by atoms with Crippen molar-refractivity contribution in [2.75, 3.05) is 26.0 Å². The lowest BCUT2D eigenvalue weighted by molar-refractivity contribution is -0.150. The predicted octanol–water partition coefficient (Wildman–Crippen LogP) is 5.02. The molecule has 2 aliphatic rings. The van der Waals surface area contributed by atoms with Crippen LogP contribution in [0, 0.1) is 5.92 Å². The lowest BCUT2D eigenvalue weighted by atomic mass is 10.0. The van der Waals surface area contributed by atoms with Crippen molar-refractivity contribution in [2.45, 2.75) is 49.6 Å². The number of carbonyl (C=O) groups excluding carboxylic acids is 1. The first kappa shape index (κ1) is 33.4. The van der Waals surface area contributed by atoms with Gasteiger partial charge in [0.15, 0.2) is 16.9 Å². The summed E-state index contributed by atoms with van der Waals surface area (Å²) in [5.74, 6) is -0.233. The Labute approximate surface area is 263 Å². The molecule has 236 valence electrons. The van der Waals surface area contributed by atoms with Gasteiger partial charge in [0, 0.05) is 50.6 Å². The smallest absolute Gasteiger partial charge is 0.387 e. The van der Waals surface area contributed by atoms with Gasteiger partial charge in [-0.25, -0.2) is 13.2 Å². The summed E-state index contributed by atoms with van der Waals surface area (Å²) in [6.45, 7) is -1.18. The Bertz CT molecular complexity index is 1410. The number of rotatable bonds is 14. The van der Waals surface area contributed by atoms with E-state index in [4.69, 9.17) is 38.4 Å². The van der Waals surface area contributed by atoms with Gasteiger partial charge in [-0.05, 0) is 48.9 Å². The number of pyridine rings is 1. The van der Waals surface area contributed by atoms with Crippen LogP contribution >= 0.6 is 35.0 Å². The summed E-state index contributed by atoms with van der Waals surface area (Å²) < 4.78 is 70.7. The number of esters is 1. The molecule has 1 aliphatic heterocycles. The molecule has 0 spiro atoms. The van der Waals surface area contributed by atoms with Crippen LogP contribution in [0.1, 0.15) is 37.0 Å². The van der Waals surface area contributed by atoms with Crippen molar-refractivity contribution in [3.05, 3.63) is 64.2 Å². The van der Waals surface area contributed by atoms with Crippen molar-refractivity contribution in [3.63, 3.8) is 0 Å². The monoisotopic (exact) mass is 680 g/mol. The fraction of sp³-hybridized carbons (Fsp3) is 0.481. The first-order chi connectivity index (χ1) is 20.4. The van der Waals surface area contributed by atoms with Gasteiger partial charge in [-0.3, -0.25) is 4.98 Å². The number of ether oxygens (including phenoxy) is 3. The number of nitrogens with zero attached hydrogens (tertiary/aromatic N) is 3. The summed E-state index contributed by atoms with van der Waals surface area (Å²) in [6, 6.07) is 4.24. The lowest BCUT2D eigenvalue weighted by Gasteiger charge is -2.30. The summed E-state index contributed by atoms with van der Waals surface area (Å²) in [5, 5.41) is -1.73. The molecule has 0 bridgehead atoms. The van der Waals surface area contributed by atoms with Crippen LogP contribution < -0.4 is 15.2 Å². The second kappa shape index (κ2) is 14.5. The third kappa shape index (κ3) is 8.35. The van der Waals surface area contributed by atoms with E-state index in [9.17, 15) is 22.0 Å². The predicted molar refractivity (Wildman–Crippen MR) is 161 cm³/mol. The van der Waals surface area contributed by atoms with Crippen LogP contribution in [0.4, 0.5) is 8.78 Å². The topological polar surface area (TPSA) is 124 Å². The minimum atomic E-state index is -3.99. The van der Waals surface area contributed by atoms with Crippen LogP contribution in [0.15, 0.2) is 43.0 Å². The number of carbonyl (C=O) groups is 1. The molecule has 43 heavy (non-hydrogen) atoms. The van der Waals surface area contributed by atoms with Gasteiger partial charge in [0.25, 0.3) is 0 Å². The SMILES string of the molecule is CC(N(C)/C=C\N)S(=O)(=O)N1CCSC1C(=O)O[C@@H](Cc1c(Cl)cncc1Cl)c1ccc(OC(F)F)c(OCC2CC2)c1. The maximum Gasteiger partial charge on any atom is 0.387 e. The Kier molecular flexibility index (Phi) is 11.3. The molecule has 10 nitrogen and oxygen atoms in total. The fourth-order valence-electron chi connectivity index (χ4n) is 4.33. The van der Waals surface area contributed by atoms with Gasteiger partial charge in [-0.1, -0.05) is 29.3 Å². The van der Waals surface area contributed by atoms with Crippen LogP contribution in [-0.2, 0) is 26.0 Å². The Morgan fingerprint density at radius 2 is 1.95 bits per heavy atom. The van der Waals surface area contributed by atoms with Crippen LogP contribution in [-0.4, -0.2) is 71.9 Å². The summed E-state index contributed by atoms with van der Waals surface area (Å²) in [4.78, 5) is 19.0. The zero-order valence-corrected chi connectivity index (χ0v) is 26.5. The van der Waals surface area contributed by atoms with Crippen molar-refractivity contribution in [3.8, 4) is 11.5 Å². The first-order valence-corrected chi connectivity index (χ1v) is 16.7. The van der Waals surface area contributed by atoms with E-state index in [2.05, 4.69) is 9.72 Å². The maximum absolute atomic E-state index is 13.7. The Morgan fingerprint density at radius 1 is 1.26 bits per heavy atom. The molecule has 16 heteroatoms. The highest BCUT2D eigenvalue weighted by Gasteiger charge is 2.44. The van der Waals surface area contributed by atoms with E-state index < -0.39 is 39.5 Å². The molecule has 1 aromatic carbocycles. The normalized spacial score (nSPS) is 19.0. The second-order valence-electron chi connectivity index (χ2n) is 10.0. The number of aromatic nitrogens is 1. The number of hydrogen-bond acceptors (Lipinski definition) is 10. The zero-order chi connectivity index (χ0) is 31.3. The summed E-state index contributed by atoms with van der Waals surface area (Å²) in [6.07, 6.45) is 6.28. The molecule has 1 saturated carbocycles. The molecule has 1 aromatic heterocycles. The Morgan fingerprint density at radius 3 is 2.58 bits per heavy atom. The van der Waals surface area contributed by atoms with Gasteiger partial charge < -0.3 is 24.8 Å². The van der Waals surface area contributed by atoms with Crippen molar-refractivity contribution in [1.29, 1.82) is 0 Å². The molecular formula is C27H32Cl2F2N4O6S2. The molecule has 3 atom stereocenters. The highest BCUT2D eigenvalue weighted by atomic mass is 35.5. The van der Waals surface area contributed by atoms with Gasteiger partial charge in [-0.2, -0.15) is 13.1 Å². The first-order valence-electron chi connectivity index (χ1n) is 13.3. The highest BCUT2D eigenvalue weighted by Crippen LogP contribution is 2.39. The summed E-state index contributed by atoms with van der Waals surface area (Å²) >= 11 is 13.9. The number of thioether (sulfide) groups is 1. The number of sulfonamides is 1. The van der Waals surface area contributed by atoms with Gasteiger partial charge in [0.2, 0.25) is 10.0 Å². The second-order valence-corrected chi connectivity index (χ2v) is 14.2. The molecule has 1 aliphatic carbocycles. The lowest BCUT2D eigenvalue weighted by Crippen LogP contribution is -2.48. The maximum atomic E-state index is 13.7. The third-order valence-electron chi connectivity index (χ3n) is 7.03. The number of benzene rings is 1. The summed E-state index contributed by atoms with van der Waals surface area (Å²) in [7, 11) is -2.43. The van der Waals surface area contributed by atoms with Gasteiger partial charge >= 0.3 is 12.6 Å². The number of nitrogens with two attached hydrogens (primary N) is 1. The molecule has 2 aromatic rings. The van der Waals surface area contributed by atoms with E-state index in [1.165, 1.54) is 54.8 Å². The van der Waals surface area contributed by atoms with E-state index in [0.29, 0.717) is 29.4 Å². The van der Waals surface area contributed by atoms with Crippen LogP contribution in [0.5, 0.6) is 11.5 Å². The number of halogens is 4. The molecule has 1 saturated heterocycles. The van der Waals surface area contributed by atoms with Crippen LogP contribution in [0.3, 0.4) is 0 Å². The van der Waals surface area contributed by atoms with E-state index in [0.717, 1.165) is 28.9 Å². The average Bonchev–Trinajstić information content (AvgIpc) is 3.65. The molecule has 2 heterocycles. The minimum Gasteiger partial charge on any atom is -0.489 e. The van der Waals surface area contributed by atoms with E-state index >= 15 is 0 Å². The molecule has 2 N–H and O–H groups in total. The van der Waals surface area contributed by atoms with Crippen molar-refractivity contribution in [1.82, 2.24) is 14.2 Å². The molecule has 0 amide bonds. The fourth-order valence-corrected chi connectivity index (χ4v) is 8.08. The van der Waals surface area contributed by atoms with Gasteiger partial charge in [0.05, 0.1) is 16.7 Å². The summed E-state index contributed by atoms with van der Waals surface area (Å²) in [5.41, 5.74) is 6.23. The standard InChI is InChI=1S/C27H32Cl2F2N4O6S2/c1-16(34(2)8-7-32)43(37,38)35-9-10-42-25(35)26(36)40-23(12-19-20(28)13-33-14-21(19)29)18-5-6-22(41-27(30)31)24(11-18)39-15-17-3-4-17/h5-8,11,13-14,16-17,23,25,27H,3-4,9-10,12,15,32H2,1-2H3/b8-7-/t16?,23-,25?/m0/s1. The largest absolute Gasteiger partial charge is 0.489 e. The molecular weight excluding hydrogens is 649 g/mol. The quantitative estimate of drug-likeness (QED) is 0.272. The number of hydrogen-bond donors (Lipinski definition) is 1. The van der Waals surface area contributed by atoms with Crippen molar-refractivity contribution >= 4 is 51.0 Å². The Balaban J connectivity index is 1.66. The average molecular weight is 682 g/mol. The molecule has 0 radical (unpaired) electrons. The van der Waals surface area contributed by atoms with Crippen molar-refractivity contribution < 1.29 is 36.2 Å². The van der Waals surface area contributed by atoms with Crippen molar-refractivity contribution in [2.24, 2.45) is 11.7 Å². The number of alkyl halides is 2. The highest BCUT2D eigenvalue weighted by molar-refractivity contribution is 8.02. The van der Waals surface area contributed by atoms with E-state index in [1.54, 1.807) is 7.05 Å². The van der Waals surface area contributed by atoms with E-state index in [1.807, 2.05) is 0 Å². The molecule has 2 fully saturated rings. The van der Waals surface area contributed by atoms with Crippen LogP contribution in [0.2, 0.25) is 10.0 Å². The van der Waals surface area contributed by atoms with E-state index in [-0.39, 0.29) is 34.5 Å². The minimum absolute atomic E-state index is 0.0202. The van der Waals surface area contributed by atoms with Gasteiger partial charge in [0.1, 0.15) is 11.5 Å².